The lowest BCUT2D eigenvalue weighted by Crippen LogP contribution is -2.11. The van der Waals surface area contributed by atoms with E-state index in [-0.39, 0.29) is 17.0 Å². The van der Waals surface area contributed by atoms with E-state index in [1.165, 1.54) is 6.92 Å². The zero-order valence-electron chi connectivity index (χ0n) is 10.6. The van der Waals surface area contributed by atoms with Crippen LogP contribution in [0.1, 0.15) is 35.5 Å². The lowest BCUT2D eigenvalue weighted by atomic mass is 10.1. The standard InChI is InChI=1S/C15H14O3/c1-4-6-11-7-5-8-12-13(17)9(2)14(10(3)16)18-15(11)12/h4-8H,1-3H3. The Morgan fingerprint density at radius 3 is 2.67 bits per heavy atom. The van der Waals surface area contributed by atoms with Crippen LogP contribution < -0.4 is 5.43 Å². The van der Waals surface area contributed by atoms with E-state index in [1.807, 2.05) is 31.2 Å². The molecule has 0 spiro atoms. The normalized spacial score (nSPS) is 11.3. The van der Waals surface area contributed by atoms with Crippen LogP contribution in [0.5, 0.6) is 0 Å². The third kappa shape index (κ3) is 1.88. The number of ketones is 1. The third-order valence-corrected chi connectivity index (χ3v) is 2.84. The summed E-state index contributed by atoms with van der Waals surface area (Å²) in [6, 6.07) is 5.37. The van der Waals surface area contributed by atoms with Crippen molar-refractivity contribution in [1.29, 1.82) is 0 Å². The summed E-state index contributed by atoms with van der Waals surface area (Å²) in [5, 5.41) is 0.508. The largest absolute Gasteiger partial charge is 0.452 e. The van der Waals surface area contributed by atoms with Gasteiger partial charge in [-0.15, -0.1) is 0 Å². The van der Waals surface area contributed by atoms with Crippen LogP contribution in [-0.2, 0) is 0 Å². The van der Waals surface area contributed by atoms with Gasteiger partial charge in [-0.2, -0.15) is 0 Å². The fraction of sp³-hybridized carbons (Fsp3) is 0.200. The lowest BCUT2D eigenvalue weighted by molar-refractivity contribution is 0.0987. The molecule has 18 heavy (non-hydrogen) atoms. The van der Waals surface area contributed by atoms with Gasteiger partial charge in [0.2, 0.25) is 0 Å². The molecule has 2 aromatic rings. The molecular formula is C15H14O3. The summed E-state index contributed by atoms with van der Waals surface area (Å²) in [5.41, 5.74) is 1.49. The monoisotopic (exact) mass is 242 g/mol. The summed E-state index contributed by atoms with van der Waals surface area (Å²) in [6.07, 6.45) is 3.71. The molecule has 1 aromatic carbocycles. The van der Waals surface area contributed by atoms with Crippen molar-refractivity contribution in [1.82, 2.24) is 0 Å². The fourth-order valence-corrected chi connectivity index (χ4v) is 1.98. The van der Waals surface area contributed by atoms with Crippen LogP contribution in [-0.4, -0.2) is 5.78 Å². The summed E-state index contributed by atoms with van der Waals surface area (Å²) in [7, 11) is 0. The molecule has 0 bridgehead atoms. The van der Waals surface area contributed by atoms with Crippen LogP contribution in [0, 0.1) is 6.92 Å². The van der Waals surface area contributed by atoms with E-state index in [4.69, 9.17) is 4.42 Å². The first-order valence-corrected chi connectivity index (χ1v) is 5.76. The van der Waals surface area contributed by atoms with Crippen LogP contribution in [0.15, 0.2) is 33.5 Å². The van der Waals surface area contributed by atoms with Gasteiger partial charge in [0.1, 0.15) is 5.58 Å². The zero-order chi connectivity index (χ0) is 13.3. The molecule has 92 valence electrons. The molecule has 0 unspecified atom stereocenters. The molecule has 0 saturated heterocycles. The van der Waals surface area contributed by atoms with Crippen molar-refractivity contribution < 1.29 is 9.21 Å². The Kier molecular flexibility index (Phi) is 3.15. The van der Waals surface area contributed by atoms with Crippen LogP contribution in [0.2, 0.25) is 0 Å². The molecule has 0 aliphatic rings. The lowest BCUT2D eigenvalue weighted by Gasteiger charge is -2.06. The Balaban J connectivity index is 2.96. The highest BCUT2D eigenvalue weighted by molar-refractivity contribution is 5.95. The summed E-state index contributed by atoms with van der Waals surface area (Å²) in [5.74, 6) is -0.0914. The predicted molar refractivity (Wildman–Crippen MR) is 71.9 cm³/mol. The minimum Gasteiger partial charge on any atom is -0.452 e. The molecule has 0 aliphatic carbocycles. The summed E-state index contributed by atoms with van der Waals surface area (Å²) in [4.78, 5) is 23.7. The van der Waals surface area contributed by atoms with Gasteiger partial charge in [-0.3, -0.25) is 9.59 Å². The second-order valence-electron chi connectivity index (χ2n) is 4.17. The Morgan fingerprint density at radius 1 is 1.33 bits per heavy atom. The van der Waals surface area contributed by atoms with Gasteiger partial charge in [0.25, 0.3) is 0 Å². The maximum absolute atomic E-state index is 12.2. The van der Waals surface area contributed by atoms with E-state index in [0.717, 1.165) is 5.56 Å². The number of allylic oxidation sites excluding steroid dienone is 1. The Morgan fingerprint density at radius 2 is 2.06 bits per heavy atom. The van der Waals surface area contributed by atoms with Gasteiger partial charge < -0.3 is 4.42 Å². The van der Waals surface area contributed by atoms with Crippen molar-refractivity contribution in [3.8, 4) is 0 Å². The molecule has 0 atom stereocenters. The van der Waals surface area contributed by atoms with Crippen LogP contribution in [0.4, 0.5) is 0 Å². The number of para-hydroxylation sites is 1. The second kappa shape index (κ2) is 4.61. The Labute approximate surface area is 105 Å². The van der Waals surface area contributed by atoms with Gasteiger partial charge >= 0.3 is 0 Å². The van der Waals surface area contributed by atoms with Gasteiger partial charge in [0.05, 0.1) is 5.39 Å². The van der Waals surface area contributed by atoms with Gasteiger partial charge in [0.15, 0.2) is 17.0 Å². The maximum Gasteiger partial charge on any atom is 0.196 e. The van der Waals surface area contributed by atoms with Gasteiger partial charge in [-0.1, -0.05) is 24.3 Å². The molecule has 1 heterocycles. The molecule has 0 saturated carbocycles. The number of carbonyl (C=O) groups excluding carboxylic acids is 1. The van der Waals surface area contributed by atoms with Gasteiger partial charge in [-0.05, 0) is 19.9 Å². The van der Waals surface area contributed by atoms with Crippen molar-refractivity contribution in [3.63, 3.8) is 0 Å². The summed E-state index contributed by atoms with van der Waals surface area (Å²) in [6.45, 7) is 4.90. The molecule has 1 aromatic heterocycles. The van der Waals surface area contributed by atoms with E-state index in [2.05, 4.69) is 0 Å². The molecule has 0 aliphatic heterocycles. The molecule has 0 fully saturated rings. The first-order chi connectivity index (χ1) is 8.56. The van der Waals surface area contributed by atoms with Crippen molar-refractivity contribution in [2.24, 2.45) is 0 Å². The van der Waals surface area contributed by atoms with E-state index in [0.29, 0.717) is 16.5 Å². The van der Waals surface area contributed by atoms with E-state index in [9.17, 15) is 9.59 Å². The van der Waals surface area contributed by atoms with E-state index < -0.39 is 0 Å². The second-order valence-corrected chi connectivity index (χ2v) is 4.17. The first-order valence-electron chi connectivity index (χ1n) is 5.76. The third-order valence-electron chi connectivity index (χ3n) is 2.84. The highest BCUT2D eigenvalue weighted by Gasteiger charge is 2.15. The van der Waals surface area contributed by atoms with Gasteiger partial charge in [0, 0.05) is 18.1 Å². The molecule has 0 amide bonds. The molecular weight excluding hydrogens is 228 g/mol. The van der Waals surface area contributed by atoms with Crippen LogP contribution in [0.25, 0.3) is 17.0 Å². The number of benzene rings is 1. The first kappa shape index (κ1) is 12.3. The number of Topliss-reactive ketones (excluding diaryl/α,β-unsaturated/α-hetero) is 1. The number of hydrogen-bond acceptors (Lipinski definition) is 3. The predicted octanol–water partition coefficient (Wildman–Crippen LogP) is 3.34. The van der Waals surface area contributed by atoms with Crippen molar-refractivity contribution >= 4 is 22.8 Å². The minimum absolute atomic E-state index is 0.143. The molecule has 2 rings (SSSR count). The number of hydrogen-bond donors (Lipinski definition) is 0. The number of carbonyl (C=O) groups is 1. The zero-order valence-corrected chi connectivity index (χ0v) is 10.6. The molecule has 0 N–H and O–H groups in total. The molecule has 0 radical (unpaired) electrons. The van der Waals surface area contributed by atoms with Crippen LogP contribution >= 0.6 is 0 Å². The fourth-order valence-electron chi connectivity index (χ4n) is 1.98. The highest BCUT2D eigenvalue weighted by Crippen LogP contribution is 2.21. The average molecular weight is 242 g/mol. The summed E-state index contributed by atoms with van der Waals surface area (Å²) >= 11 is 0. The Bertz CT molecular complexity index is 705. The molecule has 3 nitrogen and oxygen atoms in total. The Hall–Kier alpha value is -2.16. The smallest absolute Gasteiger partial charge is 0.196 e. The average Bonchev–Trinajstić information content (AvgIpc) is 2.34. The van der Waals surface area contributed by atoms with Crippen molar-refractivity contribution in [3.05, 3.63) is 51.4 Å². The van der Waals surface area contributed by atoms with Crippen molar-refractivity contribution in [2.75, 3.05) is 0 Å². The van der Waals surface area contributed by atoms with Crippen LogP contribution in [0.3, 0.4) is 0 Å². The highest BCUT2D eigenvalue weighted by atomic mass is 16.3. The maximum atomic E-state index is 12.2. The van der Waals surface area contributed by atoms with E-state index in [1.54, 1.807) is 13.0 Å². The van der Waals surface area contributed by atoms with Crippen molar-refractivity contribution in [2.45, 2.75) is 20.8 Å². The topological polar surface area (TPSA) is 47.3 Å². The van der Waals surface area contributed by atoms with Gasteiger partial charge in [-0.25, -0.2) is 0 Å². The number of rotatable bonds is 2. The number of fused-ring (bicyclic) bond motifs is 1. The minimum atomic E-state index is -0.234. The molecule has 3 heteroatoms. The summed E-state index contributed by atoms with van der Waals surface area (Å²) < 4.78 is 5.62. The van der Waals surface area contributed by atoms with E-state index >= 15 is 0 Å². The SMILES string of the molecule is CC=Cc1cccc2c(=O)c(C)c(C(C)=O)oc12. The quantitative estimate of drug-likeness (QED) is 0.759.